The number of pyridine rings is 1. The summed E-state index contributed by atoms with van der Waals surface area (Å²) in [6.45, 7) is 3.00. The predicted molar refractivity (Wildman–Crippen MR) is 139 cm³/mol. The largest absolute Gasteiger partial charge is 0.487 e. The normalized spacial score (nSPS) is 18.0. The number of halogens is 1. The Bertz CT molecular complexity index is 1350. The molecule has 1 aliphatic carbocycles. The van der Waals surface area contributed by atoms with E-state index in [0.717, 1.165) is 63.2 Å². The Hall–Kier alpha value is -3.19. The number of hydrogen-bond acceptors (Lipinski definition) is 4. The van der Waals surface area contributed by atoms with Crippen LogP contribution in [0.3, 0.4) is 0 Å². The molecule has 1 fully saturated rings. The highest BCUT2D eigenvalue weighted by Crippen LogP contribution is 2.39. The van der Waals surface area contributed by atoms with Crippen molar-refractivity contribution >= 4 is 32.9 Å². The van der Waals surface area contributed by atoms with Gasteiger partial charge in [0.2, 0.25) is 0 Å². The van der Waals surface area contributed by atoms with Crippen molar-refractivity contribution in [3.63, 3.8) is 0 Å². The van der Waals surface area contributed by atoms with E-state index in [4.69, 9.17) is 9.72 Å². The number of carboxylic acid groups (broad SMARTS) is 1. The van der Waals surface area contributed by atoms with E-state index in [1.807, 2.05) is 55.6 Å². The third-order valence-electron chi connectivity index (χ3n) is 6.75. The fourth-order valence-electron chi connectivity index (χ4n) is 4.95. The summed E-state index contributed by atoms with van der Waals surface area (Å²) in [5, 5.41) is 9.93. The van der Waals surface area contributed by atoms with Gasteiger partial charge in [0.05, 0.1) is 22.6 Å². The molecule has 1 saturated carbocycles. The highest BCUT2D eigenvalue weighted by molar-refractivity contribution is 9.10. The van der Waals surface area contributed by atoms with Gasteiger partial charge in [-0.15, -0.1) is 0 Å². The van der Waals surface area contributed by atoms with Crippen LogP contribution in [-0.4, -0.2) is 25.6 Å². The summed E-state index contributed by atoms with van der Waals surface area (Å²) in [6.07, 6.45) is 5.33. The minimum absolute atomic E-state index is 0.109. The van der Waals surface area contributed by atoms with Gasteiger partial charge in [-0.1, -0.05) is 47.0 Å². The number of rotatable bonds is 7. The second-order valence-electron chi connectivity index (χ2n) is 9.29. The number of imidazole rings is 1. The molecule has 2 atom stereocenters. The maximum Gasteiger partial charge on any atom is 0.307 e. The van der Waals surface area contributed by atoms with Crippen molar-refractivity contribution in [1.29, 1.82) is 0 Å². The van der Waals surface area contributed by atoms with E-state index in [2.05, 4.69) is 37.6 Å². The standard InChI is InChI=1S/C28H28BrN3O3/c1-18-9-10-21(30-15-18)17-35-22-11-12-25-26(14-22)32(16-19-5-4-6-20(29)13-19)27(31-25)23-7-2-3-8-24(23)28(33)34/h4-6,9-15,23-24H,2-3,7-8,16-17H2,1H3,(H,33,34)/t23-,24+/m0/s1. The van der Waals surface area contributed by atoms with Gasteiger partial charge in [-0.3, -0.25) is 9.78 Å². The lowest BCUT2D eigenvalue weighted by molar-refractivity contribution is -0.143. The molecule has 0 aliphatic heterocycles. The summed E-state index contributed by atoms with van der Waals surface area (Å²) in [4.78, 5) is 21.5. The van der Waals surface area contributed by atoms with Crippen LogP contribution in [0.25, 0.3) is 11.0 Å². The van der Waals surface area contributed by atoms with Gasteiger partial charge in [-0.2, -0.15) is 0 Å². The third-order valence-corrected chi connectivity index (χ3v) is 7.25. The molecule has 2 aromatic heterocycles. The van der Waals surface area contributed by atoms with Crippen LogP contribution in [0.2, 0.25) is 0 Å². The molecular weight excluding hydrogens is 506 g/mol. The molecule has 35 heavy (non-hydrogen) atoms. The van der Waals surface area contributed by atoms with E-state index in [1.54, 1.807) is 0 Å². The Labute approximate surface area is 213 Å². The van der Waals surface area contributed by atoms with Crippen molar-refractivity contribution in [2.75, 3.05) is 0 Å². The van der Waals surface area contributed by atoms with E-state index in [0.29, 0.717) is 19.6 Å². The molecule has 4 aromatic rings. The molecule has 7 heteroatoms. The monoisotopic (exact) mass is 533 g/mol. The average Bonchev–Trinajstić information content (AvgIpc) is 3.21. The second-order valence-corrected chi connectivity index (χ2v) is 10.2. The lowest BCUT2D eigenvalue weighted by Gasteiger charge is -2.28. The van der Waals surface area contributed by atoms with Crippen LogP contribution in [0.1, 0.15) is 54.2 Å². The molecule has 180 valence electrons. The van der Waals surface area contributed by atoms with Crippen molar-refractivity contribution in [3.8, 4) is 5.75 Å². The molecule has 0 spiro atoms. The number of carboxylic acids is 1. The van der Waals surface area contributed by atoms with Crippen molar-refractivity contribution in [2.24, 2.45) is 5.92 Å². The molecule has 1 aliphatic rings. The van der Waals surface area contributed by atoms with Crippen LogP contribution in [0.5, 0.6) is 5.75 Å². The number of aliphatic carboxylic acids is 1. The van der Waals surface area contributed by atoms with Crippen LogP contribution in [0.4, 0.5) is 0 Å². The molecule has 0 unspecified atom stereocenters. The van der Waals surface area contributed by atoms with Gasteiger partial charge in [0, 0.05) is 29.2 Å². The Kier molecular flexibility index (Phi) is 6.86. The zero-order valence-electron chi connectivity index (χ0n) is 19.7. The Balaban J connectivity index is 1.53. The second kappa shape index (κ2) is 10.2. The summed E-state index contributed by atoms with van der Waals surface area (Å²) >= 11 is 3.57. The van der Waals surface area contributed by atoms with Crippen molar-refractivity contribution in [2.45, 2.75) is 51.7 Å². The molecular formula is C28H28BrN3O3. The Morgan fingerprint density at radius 2 is 2.00 bits per heavy atom. The first-order valence-corrected chi connectivity index (χ1v) is 12.8. The van der Waals surface area contributed by atoms with Gasteiger partial charge in [-0.05, 0) is 61.2 Å². The summed E-state index contributed by atoms with van der Waals surface area (Å²) in [6, 6.07) is 18.1. The smallest absolute Gasteiger partial charge is 0.307 e. The number of aryl methyl sites for hydroxylation is 1. The average molecular weight is 534 g/mol. The molecule has 6 nitrogen and oxygen atoms in total. The number of aromatic nitrogens is 3. The van der Waals surface area contributed by atoms with Crippen LogP contribution >= 0.6 is 15.9 Å². The first-order chi connectivity index (χ1) is 17.0. The fraction of sp³-hybridized carbons (Fsp3) is 0.321. The first kappa shape index (κ1) is 23.5. The highest BCUT2D eigenvalue weighted by Gasteiger charge is 2.35. The maximum absolute atomic E-state index is 12.1. The van der Waals surface area contributed by atoms with Crippen LogP contribution in [-0.2, 0) is 17.9 Å². The first-order valence-electron chi connectivity index (χ1n) is 12.0. The number of fused-ring (bicyclic) bond motifs is 1. The van der Waals surface area contributed by atoms with Gasteiger partial charge in [0.25, 0.3) is 0 Å². The molecule has 0 saturated heterocycles. The topological polar surface area (TPSA) is 77.2 Å². The van der Waals surface area contributed by atoms with Gasteiger partial charge in [0.15, 0.2) is 0 Å². The summed E-state index contributed by atoms with van der Waals surface area (Å²) < 4.78 is 9.26. The molecule has 1 N–H and O–H groups in total. The van der Waals surface area contributed by atoms with E-state index in [-0.39, 0.29) is 5.92 Å². The molecule has 2 aromatic carbocycles. The van der Waals surface area contributed by atoms with E-state index in [9.17, 15) is 9.90 Å². The minimum Gasteiger partial charge on any atom is -0.487 e. The molecule has 0 radical (unpaired) electrons. The summed E-state index contributed by atoms with van der Waals surface area (Å²) in [5.41, 5.74) is 4.90. The number of nitrogens with zero attached hydrogens (tertiary/aromatic N) is 3. The van der Waals surface area contributed by atoms with E-state index in [1.165, 1.54) is 0 Å². The van der Waals surface area contributed by atoms with E-state index >= 15 is 0 Å². The van der Waals surface area contributed by atoms with Crippen molar-refractivity contribution in [3.05, 3.63) is 87.9 Å². The fourth-order valence-corrected chi connectivity index (χ4v) is 5.40. The molecule has 0 bridgehead atoms. The van der Waals surface area contributed by atoms with Gasteiger partial charge in [-0.25, -0.2) is 4.98 Å². The Morgan fingerprint density at radius 1 is 1.14 bits per heavy atom. The van der Waals surface area contributed by atoms with Crippen molar-refractivity contribution in [1.82, 2.24) is 14.5 Å². The predicted octanol–water partition coefficient (Wildman–Crippen LogP) is 6.49. The Morgan fingerprint density at radius 3 is 2.77 bits per heavy atom. The van der Waals surface area contributed by atoms with Crippen LogP contribution in [0.15, 0.2) is 65.3 Å². The molecule has 2 heterocycles. The van der Waals surface area contributed by atoms with Crippen molar-refractivity contribution < 1.29 is 14.6 Å². The minimum atomic E-state index is -0.731. The lowest BCUT2D eigenvalue weighted by atomic mass is 9.78. The SMILES string of the molecule is Cc1ccc(COc2ccc3nc([C@H]4CCCC[C@H]4C(=O)O)n(Cc4cccc(Br)c4)c3c2)nc1. The number of hydrogen-bond donors (Lipinski definition) is 1. The number of ether oxygens (including phenoxy) is 1. The summed E-state index contributed by atoms with van der Waals surface area (Å²) in [7, 11) is 0. The van der Waals surface area contributed by atoms with Gasteiger partial charge >= 0.3 is 5.97 Å². The quantitative estimate of drug-likeness (QED) is 0.293. The van der Waals surface area contributed by atoms with E-state index < -0.39 is 11.9 Å². The lowest BCUT2D eigenvalue weighted by Crippen LogP contribution is -2.27. The van der Waals surface area contributed by atoms with Crippen LogP contribution < -0.4 is 4.74 Å². The number of carbonyl (C=O) groups is 1. The number of benzene rings is 2. The maximum atomic E-state index is 12.1. The molecule has 0 amide bonds. The summed E-state index contributed by atoms with van der Waals surface area (Å²) in [5.74, 6) is 0.335. The van der Waals surface area contributed by atoms with Gasteiger partial charge < -0.3 is 14.4 Å². The van der Waals surface area contributed by atoms with Gasteiger partial charge in [0.1, 0.15) is 18.2 Å². The zero-order valence-corrected chi connectivity index (χ0v) is 21.2. The highest BCUT2D eigenvalue weighted by atomic mass is 79.9. The molecule has 5 rings (SSSR count). The zero-order chi connectivity index (χ0) is 24.4. The third kappa shape index (κ3) is 5.25. The van der Waals surface area contributed by atoms with Crippen LogP contribution in [0, 0.1) is 12.8 Å².